The van der Waals surface area contributed by atoms with Crippen LogP contribution in [0.2, 0.25) is 0 Å². The van der Waals surface area contributed by atoms with Crippen LogP contribution in [0.15, 0.2) is 30.6 Å². The summed E-state index contributed by atoms with van der Waals surface area (Å²) in [5, 5.41) is 0. The minimum atomic E-state index is -0.477. The largest absolute Gasteiger partial charge is 0.498 e. The van der Waals surface area contributed by atoms with Gasteiger partial charge in [0.05, 0.1) is 16.9 Å². The Morgan fingerprint density at radius 2 is 1.83 bits per heavy atom. The van der Waals surface area contributed by atoms with Crippen molar-refractivity contribution < 1.29 is 9.31 Å². The van der Waals surface area contributed by atoms with Gasteiger partial charge in [0, 0.05) is 11.7 Å². The van der Waals surface area contributed by atoms with Crippen LogP contribution in [0.1, 0.15) is 33.4 Å². The molecular weight excluding hydrogens is 227 g/mol. The van der Waals surface area contributed by atoms with Crippen molar-refractivity contribution in [3.05, 3.63) is 36.3 Å². The van der Waals surface area contributed by atoms with Gasteiger partial charge in [-0.05, 0) is 46.0 Å². The summed E-state index contributed by atoms with van der Waals surface area (Å²) in [5.41, 5.74) is 6.49. The second-order valence-corrected chi connectivity index (χ2v) is 5.43. The third-order valence-corrected chi connectivity index (χ3v) is 3.65. The third kappa shape index (κ3) is 2.16. The minimum absolute atomic E-state index is 0.374. The van der Waals surface area contributed by atoms with Gasteiger partial charge in [0.15, 0.2) is 0 Å². The molecule has 0 saturated carbocycles. The van der Waals surface area contributed by atoms with E-state index in [2.05, 4.69) is 4.98 Å². The van der Waals surface area contributed by atoms with Crippen LogP contribution in [0.4, 0.5) is 0 Å². The molecule has 18 heavy (non-hydrogen) atoms. The molecule has 0 radical (unpaired) electrons. The fourth-order valence-electron chi connectivity index (χ4n) is 1.79. The van der Waals surface area contributed by atoms with Gasteiger partial charge in [-0.2, -0.15) is 0 Å². The van der Waals surface area contributed by atoms with Crippen molar-refractivity contribution >= 4 is 12.6 Å². The van der Waals surface area contributed by atoms with E-state index in [0.717, 1.165) is 11.2 Å². The van der Waals surface area contributed by atoms with Crippen LogP contribution in [-0.4, -0.2) is 23.3 Å². The second-order valence-electron chi connectivity index (χ2n) is 5.43. The molecule has 1 fully saturated rings. The first-order valence-electron chi connectivity index (χ1n) is 6.06. The van der Waals surface area contributed by atoms with E-state index < -0.39 is 7.12 Å². The Morgan fingerprint density at radius 3 is 2.28 bits per heavy atom. The van der Waals surface area contributed by atoms with Gasteiger partial charge in [-0.1, -0.05) is 6.07 Å². The Labute approximate surface area is 108 Å². The zero-order valence-corrected chi connectivity index (χ0v) is 11.3. The van der Waals surface area contributed by atoms with Crippen LogP contribution in [0.5, 0.6) is 0 Å². The van der Waals surface area contributed by atoms with E-state index in [4.69, 9.17) is 15.0 Å². The standard InChI is InChI=1S/C13H19BN2O2/c1-12(2)13(3,4)18-14(17-12)10(9-15)11-7-5-6-8-16-11/h5-9H,15H2,1-4H3/b10-9+. The molecule has 0 unspecified atom stereocenters. The highest BCUT2D eigenvalue weighted by Crippen LogP contribution is 2.39. The number of hydrogen-bond acceptors (Lipinski definition) is 4. The molecule has 1 aromatic rings. The summed E-state index contributed by atoms with van der Waals surface area (Å²) in [5.74, 6) is 0. The summed E-state index contributed by atoms with van der Waals surface area (Å²) in [6.45, 7) is 8.05. The van der Waals surface area contributed by atoms with E-state index in [1.165, 1.54) is 6.20 Å². The molecule has 0 aliphatic carbocycles. The molecule has 2 heterocycles. The maximum absolute atomic E-state index is 5.96. The molecule has 0 aromatic carbocycles. The third-order valence-electron chi connectivity index (χ3n) is 3.65. The molecule has 96 valence electrons. The smallest absolute Gasteiger partial charge is 0.405 e. The Hall–Kier alpha value is -1.33. The molecule has 2 N–H and O–H groups in total. The first-order chi connectivity index (χ1) is 8.37. The zero-order valence-electron chi connectivity index (χ0n) is 11.3. The summed E-state index contributed by atoms with van der Waals surface area (Å²) in [6, 6.07) is 5.67. The monoisotopic (exact) mass is 246 g/mol. The molecule has 1 aliphatic heterocycles. The van der Waals surface area contributed by atoms with Crippen LogP contribution in [0, 0.1) is 0 Å². The summed E-state index contributed by atoms with van der Waals surface area (Å²) in [6.07, 6.45) is 3.23. The topological polar surface area (TPSA) is 57.4 Å². The lowest BCUT2D eigenvalue weighted by molar-refractivity contribution is 0.00578. The average Bonchev–Trinajstić information content (AvgIpc) is 2.50. The Morgan fingerprint density at radius 1 is 1.22 bits per heavy atom. The van der Waals surface area contributed by atoms with Gasteiger partial charge in [0.2, 0.25) is 0 Å². The first-order valence-corrected chi connectivity index (χ1v) is 6.06. The molecule has 0 atom stereocenters. The fourth-order valence-corrected chi connectivity index (χ4v) is 1.79. The van der Waals surface area contributed by atoms with Crippen LogP contribution in [0.3, 0.4) is 0 Å². The number of pyridine rings is 1. The predicted molar refractivity (Wildman–Crippen MR) is 72.5 cm³/mol. The van der Waals surface area contributed by atoms with Crippen molar-refractivity contribution in [2.24, 2.45) is 5.73 Å². The molecular formula is C13H19BN2O2. The van der Waals surface area contributed by atoms with E-state index in [1.807, 2.05) is 45.9 Å². The van der Waals surface area contributed by atoms with Crippen molar-refractivity contribution in [1.29, 1.82) is 0 Å². The van der Waals surface area contributed by atoms with E-state index >= 15 is 0 Å². The molecule has 0 bridgehead atoms. The summed E-state index contributed by atoms with van der Waals surface area (Å²) in [4.78, 5) is 4.28. The number of rotatable bonds is 2. The van der Waals surface area contributed by atoms with Crippen molar-refractivity contribution in [2.45, 2.75) is 38.9 Å². The second kappa shape index (κ2) is 4.41. The highest BCUT2D eigenvalue weighted by molar-refractivity contribution is 6.68. The minimum Gasteiger partial charge on any atom is -0.405 e. The molecule has 0 spiro atoms. The van der Waals surface area contributed by atoms with Gasteiger partial charge in [0.25, 0.3) is 0 Å². The van der Waals surface area contributed by atoms with Gasteiger partial charge in [0.1, 0.15) is 0 Å². The highest BCUT2D eigenvalue weighted by atomic mass is 16.7. The number of hydrogen-bond donors (Lipinski definition) is 1. The van der Waals surface area contributed by atoms with Gasteiger partial charge < -0.3 is 15.0 Å². The Bertz CT molecular complexity index is 441. The lowest BCUT2D eigenvalue weighted by Crippen LogP contribution is -2.41. The molecule has 5 heteroatoms. The number of nitrogens with two attached hydrogens (primary N) is 1. The van der Waals surface area contributed by atoms with Crippen molar-refractivity contribution in [3.63, 3.8) is 0 Å². The maximum Gasteiger partial charge on any atom is 0.498 e. The van der Waals surface area contributed by atoms with Gasteiger partial charge in [-0.3, -0.25) is 4.98 Å². The predicted octanol–water partition coefficient (Wildman–Crippen LogP) is 2.01. The highest BCUT2D eigenvalue weighted by Gasteiger charge is 2.52. The van der Waals surface area contributed by atoms with E-state index in [1.54, 1.807) is 6.20 Å². The lowest BCUT2D eigenvalue weighted by Gasteiger charge is -2.32. The van der Waals surface area contributed by atoms with Crippen molar-refractivity contribution in [1.82, 2.24) is 4.98 Å². The molecule has 1 aromatic heterocycles. The van der Waals surface area contributed by atoms with Crippen molar-refractivity contribution in [3.8, 4) is 0 Å². The molecule has 1 aliphatic rings. The fraction of sp³-hybridized carbons (Fsp3) is 0.462. The summed E-state index contributed by atoms with van der Waals surface area (Å²) < 4.78 is 11.9. The van der Waals surface area contributed by atoms with E-state index in [0.29, 0.717) is 0 Å². The maximum atomic E-state index is 5.96. The van der Waals surface area contributed by atoms with Gasteiger partial charge >= 0.3 is 7.12 Å². The normalized spacial score (nSPS) is 22.2. The number of aromatic nitrogens is 1. The van der Waals surface area contributed by atoms with Crippen LogP contribution < -0.4 is 5.73 Å². The zero-order chi connectivity index (χ0) is 13.4. The molecule has 2 rings (SSSR count). The van der Waals surface area contributed by atoms with Crippen molar-refractivity contribution in [2.75, 3.05) is 0 Å². The van der Waals surface area contributed by atoms with Crippen LogP contribution >= 0.6 is 0 Å². The molecule has 1 saturated heterocycles. The first kappa shape index (κ1) is 13.1. The number of nitrogens with zero attached hydrogens (tertiary/aromatic N) is 1. The summed E-state index contributed by atoms with van der Waals surface area (Å²) in [7, 11) is -0.477. The average molecular weight is 246 g/mol. The van der Waals surface area contributed by atoms with Gasteiger partial charge in [-0.15, -0.1) is 0 Å². The quantitative estimate of drug-likeness (QED) is 0.811. The van der Waals surface area contributed by atoms with E-state index in [9.17, 15) is 0 Å². The lowest BCUT2D eigenvalue weighted by atomic mass is 9.76. The molecule has 4 nitrogen and oxygen atoms in total. The van der Waals surface area contributed by atoms with Gasteiger partial charge in [-0.25, -0.2) is 0 Å². The SMILES string of the molecule is CC1(C)OB(/C(=C/N)c2ccccn2)OC1(C)C. The van der Waals surface area contributed by atoms with E-state index in [-0.39, 0.29) is 11.2 Å². The Balaban J connectivity index is 2.28. The van der Waals surface area contributed by atoms with Crippen LogP contribution in [-0.2, 0) is 9.31 Å². The molecule has 0 amide bonds. The summed E-state index contributed by atoms with van der Waals surface area (Å²) >= 11 is 0. The van der Waals surface area contributed by atoms with Crippen LogP contribution in [0.25, 0.3) is 5.47 Å². The Kier molecular flexibility index (Phi) is 3.21.